The predicted molar refractivity (Wildman–Crippen MR) is 443 cm³/mol. The van der Waals surface area contributed by atoms with E-state index in [0.29, 0.717) is 117 Å². The summed E-state index contributed by atoms with van der Waals surface area (Å²) in [5.74, 6) is 1.34. The predicted octanol–water partition coefficient (Wildman–Crippen LogP) is 17.8. The Morgan fingerprint density at radius 1 is 0.407 bits per heavy atom. The summed E-state index contributed by atoms with van der Waals surface area (Å²) in [6, 6.07) is 46.8. The molecule has 1 unspecified atom stereocenters. The average Bonchev–Trinajstić information content (AvgIpc) is 0.788. The number of carbonyl (C=O) groups is 6. The quantitative estimate of drug-likeness (QED) is 0.0999. The molecule has 6 aliphatic heterocycles. The summed E-state index contributed by atoms with van der Waals surface area (Å²) in [7, 11) is 0. The highest BCUT2D eigenvalue weighted by Gasteiger charge is 2.44. The van der Waals surface area contributed by atoms with Crippen LogP contribution in [0.2, 0.25) is 20.1 Å². The zero-order valence-electron chi connectivity index (χ0n) is 67.0. The van der Waals surface area contributed by atoms with Crippen molar-refractivity contribution in [1.29, 1.82) is 0 Å². The maximum atomic E-state index is 13.8. The molecule has 0 spiro atoms. The van der Waals surface area contributed by atoms with E-state index in [4.69, 9.17) is 62.6 Å². The van der Waals surface area contributed by atoms with E-state index in [1.54, 1.807) is 26.8 Å². The number of benzene rings is 6. The van der Waals surface area contributed by atoms with Crippen molar-refractivity contribution in [3.63, 3.8) is 0 Å². The lowest BCUT2D eigenvalue weighted by Crippen LogP contribution is -2.60. The minimum atomic E-state index is -4.39. The highest BCUT2D eigenvalue weighted by molar-refractivity contribution is 6.31. The zero-order valence-corrected chi connectivity index (χ0v) is 70.0. The number of likely N-dealkylation sites (tertiary alicyclic amines) is 3. The lowest BCUT2D eigenvalue weighted by atomic mass is 9.82. The normalized spacial score (nSPS) is 21.3. The smallest absolute Gasteiger partial charge is 0.416 e. The van der Waals surface area contributed by atoms with E-state index in [9.17, 15) is 41.9 Å². The Bertz CT molecular complexity index is 4010. The summed E-state index contributed by atoms with van der Waals surface area (Å²) in [6.45, 7) is 29.0. The number of halogens is 7. The van der Waals surface area contributed by atoms with Crippen LogP contribution in [-0.4, -0.2) is 201 Å². The van der Waals surface area contributed by atoms with Crippen LogP contribution >= 0.6 is 46.4 Å². The summed E-state index contributed by atoms with van der Waals surface area (Å²) in [6.07, 6.45) is 1.62. The third-order valence-electron chi connectivity index (χ3n) is 23.3. The van der Waals surface area contributed by atoms with Crippen LogP contribution in [0.5, 0.6) is 0 Å². The van der Waals surface area contributed by atoms with Gasteiger partial charge in [-0.1, -0.05) is 158 Å². The molecule has 612 valence electrons. The van der Waals surface area contributed by atoms with Crippen LogP contribution in [-0.2, 0) is 25.3 Å². The topological polar surface area (TPSA) is 193 Å². The van der Waals surface area contributed by atoms with Crippen molar-refractivity contribution < 1.29 is 46.7 Å². The first-order chi connectivity index (χ1) is 53.5. The van der Waals surface area contributed by atoms with Gasteiger partial charge in [-0.25, -0.2) is 14.4 Å². The second-order valence-electron chi connectivity index (χ2n) is 33.9. The van der Waals surface area contributed by atoms with Gasteiger partial charge in [0.05, 0.1) is 23.7 Å². The fraction of sp³-hybridized carbons (Fsp3) is 0.523. The second kappa shape index (κ2) is 38.9. The largest absolute Gasteiger partial charge is 0.444 e. The number of carbonyl (C=O) groups excluding carboxylic acids is 6. The molecule has 0 radical (unpaired) electrons. The van der Waals surface area contributed by atoms with Gasteiger partial charge in [0.1, 0.15) is 5.60 Å². The van der Waals surface area contributed by atoms with Gasteiger partial charge < -0.3 is 45.6 Å². The molecule has 0 bridgehead atoms. The summed E-state index contributed by atoms with van der Waals surface area (Å²) in [5.41, 5.74) is 15.8. The van der Waals surface area contributed by atoms with E-state index in [1.807, 2.05) is 109 Å². The Hall–Kier alpha value is -7.63. The van der Waals surface area contributed by atoms with Crippen LogP contribution in [0, 0.1) is 23.2 Å². The van der Waals surface area contributed by atoms with Crippen molar-refractivity contribution in [2.24, 2.45) is 34.6 Å². The van der Waals surface area contributed by atoms with E-state index in [-0.39, 0.29) is 95.5 Å². The first-order valence-corrected chi connectivity index (χ1v) is 41.4. The number of alkyl halides is 3. The molecule has 0 aromatic heterocycles. The zero-order chi connectivity index (χ0) is 81.8. The maximum Gasteiger partial charge on any atom is 0.416 e. The Balaban J connectivity index is 0.000000181. The van der Waals surface area contributed by atoms with Gasteiger partial charge in [-0.3, -0.25) is 29.1 Å². The van der Waals surface area contributed by atoms with Gasteiger partial charge in [-0.15, -0.1) is 0 Å². The lowest BCUT2D eigenvalue weighted by molar-refractivity contribution is -0.142. The van der Waals surface area contributed by atoms with E-state index >= 15 is 0 Å². The third kappa shape index (κ3) is 23.8. The number of rotatable bonds is 15. The highest BCUT2D eigenvalue weighted by atomic mass is 35.5. The number of hydrogen-bond donors (Lipinski definition) is 2. The van der Waals surface area contributed by atoms with Gasteiger partial charge in [0.25, 0.3) is 0 Å². The number of primary amides is 2. The van der Waals surface area contributed by atoms with E-state index < -0.39 is 17.3 Å². The molecule has 4 N–H and O–H groups in total. The van der Waals surface area contributed by atoms with E-state index in [0.717, 1.165) is 104 Å². The fourth-order valence-corrected chi connectivity index (χ4v) is 17.8. The van der Waals surface area contributed by atoms with Crippen LogP contribution in [0.3, 0.4) is 0 Å². The van der Waals surface area contributed by atoms with Gasteiger partial charge in [-0.05, 0) is 204 Å². The number of piperidine rings is 3. The van der Waals surface area contributed by atoms with Crippen molar-refractivity contribution in [2.45, 2.75) is 187 Å². The molecule has 6 aromatic carbocycles. The summed E-state index contributed by atoms with van der Waals surface area (Å²) in [5, 5.41) is 2.84. The standard InChI is InChI=1S/C34H46F3N3O3.2C27H34Cl2N4O2/c1-32(2,3)28-23-39(30(25-10-8-7-9-11-25)26-12-14-27(15-13-26)34(35,36)37)20-21-40(28)29(41)22-24-16-18-38(19-17-24)31(42)43-33(4,5)6;1-18-17-33(26(21-3-7-23(28)8-4-21)22-5-9-24(29)10-6-22)19(2)16-32(18)25(34)15-20-11-13-31(14-12-20)27(30)35;1-18-16-32(26(21-3-7-23(28)8-4-21)22-5-9-24(29)10-6-22)17-19(2)33(18)25(34)15-20-11-13-31(14-12-20)27(30)35/h7-15,24,28,30H,16-23H2,1-6H3;2*3-10,18-20,26H,11-17H2,1-2H3,(H2,30,35)/t28-,30?;2*18-,19+/m10./s1. The monoisotopic (exact) mass is 1630 g/mol. The molecule has 6 fully saturated rings. The van der Waals surface area contributed by atoms with Crippen LogP contribution in [0.15, 0.2) is 152 Å². The van der Waals surface area contributed by atoms with Crippen LogP contribution in [0.4, 0.5) is 27.6 Å². The van der Waals surface area contributed by atoms with Crippen LogP contribution in [0.25, 0.3) is 0 Å². The molecule has 25 heteroatoms. The minimum absolute atomic E-state index is 0.0392. The molecule has 8 amide bonds. The van der Waals surface area contributed by atoms with Crippen molar-refractivity contribution in [1.82, 2.24) is 44.1 Å². The van der Waals surface area contributed by atoms with E-state index in [2.05, 4.69) is 117 Å². The molecule has 18 nitrogen and oxygen atoms in total. The Morgan fingerprint density at radius 3 is 1.16 bits per heavy atom. The first kappa shape index (κ1) is 87.7. The van der Waals surface area contributed by atoms with Crippen molar-refractivity contribution in [2.75, 3.05) is 85.1 Å². The number of hydrogen-bond acceptors (Lipinski definition) is 10. The van der Waals surface area contributed by atoms with Gasteiger partial charge in [0, 0.05) is 155 Å². The van der Waals surface area contributed by atoms with Gasteiger partial charge in [0.15, 0.2) is 0 Å². The first-order valence-electron chi connectivity index (χ1n) is 39.9. The second-order valence-corrected chi connectivity index (χ2v) is 35.6. The molecule has 6 atom stereocenters. The summed E-state index contributed by atoms with van der Waals surface area (Å²) < 4.78 is 45.4. The van der Waals surface area contributed by atoms with Crippen molar-refractivity contribution in [3.8, 4) is 0 Å². The molecule has 113 heavy (non-hydrogen) atoms. The van der Waals surface area contributed by atoms with Crippen LogP contribution in [0.1, 0.15) is 184 Å². The molecule has 12 rings (SSSR count). The highest BCUT2D eigenvalue weighted by Crippen LogP contribution is 2.41. The number of urea groups is 2. The molecular weight excluding hydrogens is 1520 g/mol. The molecule has 6 heterocycles. The number of piperazine rings is 3. The minimum Gasteiger partial charge on any atom is -0.444 e. The SMILES string of the molecule is CC(C)(C)OC(=O)N1CCC(CC(=O)N2CCN(C(c3ccccc3)c3ccc(C(F)(F)F)cc3)C[C@@H]2C(C)(C)C)CC1.C[C@@H]1CN(C(=O)CC2CCN(C(N)=O)CC2)[C@@H](C)CN1C(c1ccc(Cl)cc1)c1ccc(Cl)cc1.C[C@@H]1CN(C(c2ccc(Cl)cc2)c2ccc(Cl)cc2)C[C@H](C)N1C(=O)CC1CCN(C(N)=O)CC1. The molecular formula is C88H114Cl4F3N11O7. The Morgan fingerprint density at radius 2 is 0.770 bits per heavy atom. The molecule has 6 aromatic rings. The van der Waals surface area contributed by atoms with Gasteiger partial charge in [-0.2, -0.15) is 13.2 Å². The van der Waals surface area contributed by atoms with Crippen LogP contribution < -0.4 is 11.5 Å². The number of ether oxygens (including phenoxy) is 1. The van der Waals surface area contributed by atoms with Crippen molar-refractivity contribution in [3.05, 3.63) is 211 Å². The third-order valence-corrected chi connectivity index (χ3v) is 24.3. The van der Waals surface area contributed by atoms with Gasteiger partial charge in [0.2, 0.25) is 17.7 Å². The number of amides is 8. The average molecular weight is 1640 g/mol. The number of nitrogens with zero attached hydrogens (tertiary/aromatic N) is 9. The molecule has 6 saturated heterocycles. The lowest BCUT2D eigenvalue weighted by Gasteiger charge is -2.50. The van der Waals surface area contributed by atoms with E-state index in [1.165, 1.54) is 0 Å². The summed E-state index contributed by atoms with van der Waals surface area (Å²) >= 11 is 24.7. The maximum absolute atomic E-state index is 13.8. The number of nitrogens with two attached hydrogens (primary N) is 2. The summed E-state index contributed by atoms with van der Waals surface area (Å²) in [4.78, 5) is 94.1. The molecule has 0 aliphatic carbocycles. The van der Waals surface area contributed by atoms with Crippen molar-refractivity contribution >= 4 is 82.3 Å². The molecule has 0 saturated carbocycles. The fourth-order valence-electron chi connectivity index (χ4n) is 17.3. The Kier molecular flexibility index (Phi) is 30.2. The Labute approximate surface area is 686 Å². The van der Waals surface area contributed by atoms with Gasteiger partial charge >= 0.3 is 24.3 Å². The molecule has 6 aliphatic rings.